The van der Waals surface area contributed by atoms with Crippen molar-refractivity contribution >= 4 is 17.4 Å². The lowest BCUT2D eigenvalue weighted by atomic mass is 9.97. The number of carbonyl (C=O) groups excluding carboxylic acids is 1. The Bertz CT molecular complexity index is 585. The molecule has 2 aromatic rings. The summed E-state index contributed by atoms with van der Waals surface area (Å²) in [6.45, 7) is 4.21. The second-order valence-corrected chi connectivity index (χ2v) is 5.23. The fraction of sp³-hybridized carbons (Fsp3) is 0.235. The second-order valence-electron chi connectivity index (χ2n) is 4.79. The highest BCUT2D eigenvalue weighted by molar-refractivity contribution is 6.30. The van der Waals surface area contributed by atoms with Crippen LogP contribution < -0.4 is 0 Å². The van der Waals surface area contributed by atoms with Gasteiger partial charge in [0.2, 0.25) is 0 Å². The molecule has 0 unspecified atom stereocenters. The van der Waals surface area contributed by atoms with Crippen LogP contribution in [0.1, 0.15) is 33.5 Å². The number of benzene rings is 2. The zero-order chi connectivity index (χ0) is 13.8. The van der Waals surface area contributed by atoms with Crippen LogP contribution in [0.25, 0.3) is 0 Å². The van der Waals surface area contributed by atoms with Crippen molar-refractivity contribution in [1.82, 2.24) is 0 Å². The predicted octanol–water partition coefficient (Wildman–Crippen LogP) is 4.77. The van der Waals surface area contributed by atoms with Crippen LogP contribution in [0.2, 0.25) is 5.02 Å². The normalized spacial score (nSPS) is 10.5. The summed E-state index contributed by atoms with van der Waals surface area (Å²) in [6.07, 6.45) is 1.32. The van der Waals surface area contributed by atoms with Crippen molar-refractivity contribution < 1.29 is 4.79 Å². The van der Waals surface area contributed by atoms with Crippen LogP contribution >= 0.6 is 11.6 Å². The summed E-state index contributed by atoms with van der Waals surface area (Å²) in [5.74, 6) is 0.164. The van der Waals surface area contributed by atoms with Crippen molar-refractivity contribution in [2.24, 2.45) is 0 Å². The minimum absolute atomic E-state index is 0.164. The zero-order valence-electron chi connectivity index (χ0n) is 11.2. The number of rotatable bonds is 4. The summed E-state index contributed by atoms with van der Waals surface area (Å²) in [7, 11) is 0. The van der Waals surface area contributed by atoms with E-state index in [2.05, 4.69) is 26.0 Å². The Kier molecular flexibility index (Phi) is 4.39. The molecule has 0 radical (unpaired) electrons. The van der Waals surface area contributed by atoms with E-state index < -0.39 is 0 Å². The van der Waals surface area contributed by atoms with Crippen LogP contribution in [-0.4, -0.2) is 5.78 Å². The number of ketones is 1. The Labute approximate surface area is 119 Å². The summed E-state index contributed by atoms with van der Waals surface area (Å²) in [6, 6.07) is 13.3. The van der Waals surface area contributed by atoms with Gasteiger partial charge in [0.15, 0.2) is 5.78 Å². The molecule has 2 rings (SSSR count). The SMILES string of the molecule is Cc1cccc(CCC(=O)c2ccc(Cl)cc2)c1C. The third-order valence-corrected chi connectivity index (χ3v) is 3.76. The first kappa shape index (κ1) is 13.8. The van der Waals surface area contributed by atoms with Crippen LogP contribution in [0.5, 0.6) is 0 Å². The highest BCUT2D eigenvalue weighted by Gasteiger charge is 2.07. The summed E-state index contributed by atoms with van der Waals surface area (Å²) < 4.78 is 0. The largest absolute Gasteiger partial charge is 0.294 e. The molecule has 0 amide bonds. The number of halogens is 1. The third kappa shape index (κ3) is 3.45. The van der Waals surface area contributed by atoms with E-state index in [-0.39, 0.29) is 5.78 Å². The monoisotopic (exact) mass is 272 g/mol. The Hall–Kier alpha value is -1.60. The summed E-state index contributed by atoms with van der Waals surface area (Å²) in [5.41, 5.74) is 4.54. The Morgan fingerprint density at radius 3 is 2.42 bits per heavy atom. The molecule has 0 bridgehead atoms. The number of aryl methyl sites for hydroxylation is 2. The van der Waals surface area contributed by atoms with Crippen molar-refractivity contribution in [3.8, 4) is 0 Å². The van der Waals surface area contributed by atoms with Gasteiger partial charge in [0.05, 0.1) is 0 Å². The smallest absolute Gasteiger partial charge is 0.163 e. The molecule has 0 aliphatic carbocycles. The molecule has 2 aromatic carbocycles. The molecule has 0 saturated heterocycles. The second kappa shape index (κ2) is 6.03. The first-order valence-electron chi connectivity index (χ1n) is 6.42. The summed E-state index contributed by atoms with van der Waals surface area (Å²) in [5, 5.41) is 0.658. The third-order valence-electron chi connectivity index (χ3n) is 3.50. The maximum absolute atomic E-state index is 12.1. The molecule has 19 heavy (non-hydrogen) atoms. The number of Topliss-reactive ketones (excluding diaryl/α,β-unsaturated/α-hetero) is 1. The number of carbonyl (C=O) groups is 1. The van der Waals surface area contributed by atoms with Crippen molar-refractivity contribution in [3.05, 3.63) is 69.7 Å². The van der Waals surface area contributed by atoms with Gasteiger partial charge in [-0.3, -0.25) is 4.79 Å². The minimum Gasteiger partial charge on any atom is -0.294 e. The minimum atomic E-state index is 0.164. The first-order valence-corrected chi connectivity index (χ1v) is 6.79. The van der Waals surface area contributed by atoms with Crippen LogP contribution in [0.3, 0.4) is 0 Å². The molecule has 0 heterocycles. The molecule has 0 aliphatic heterocycles. The quantitative estimate of drug-likeness (QED) is 0.733. The van der Waals surface area contributed by atoms with Crippen molar-refractivity contribution in [2.45, 2.75) is 26.7 Å². The van der Waals surface area contributed by atoms with Gasteiger partial charge in [-0.1, -0.05) is 29.8 Å². The van der Waals surface area contributed by atoms with Crippen LogP contribution in [-0.2, 0) is 6.42 Å². The first-order chi connectivity index (χ1) is 9.08. The fourth-order valence-corrected chi connectivity index (χ4v) is 2.24. The lowest BCUT2D eigenvalue weighted by Crippen LogP contribution is -2.02. The number of hydrogen-bond acceptors (Lipinski definition) is 1. The lowest BCUT2D eigenvalue weighted by molar-refractivity contribution is 0.0983. The molecule has 0 spiro atoms. The number of hydrogen-bond donors (Lipinski definition) is 0. The Morgan fingerprint density at radius 2 is 1.74 bits per heavy atom. The highest BCUT2D eigenvalue weighted by Crippen LogP contribution is 2.16. The predicted molar refractivity (Wildman–Crippen MR) is 80.0 cm³/mol. The van der Waals surface area contributed by atoms with Gasteiger partial charge in [-0.25, -0.2) is 0 Å². The zero-order valence-corrected chi connectivity index (χ0v) is 12.0. The summed E-state index contributed by atoms with van der Waals surface area (Å²) in [4.78, 5) is 12.1. The molecule has 0 saturated carbocycles. The van der Waals surface area contributed by atoms with Crippen molar-refractivity contribution in [1.29, 1.82) is 0 Å². The lowest BCUT2D eigenvalue weighted by Gasteiger charge is -2.08. The highest BCUT2D eigenvalue weighted by atomic mass is 35.5. The molecule has 2 heteroatoms. The average Bonchev–Trinajstić information content (AvgIpc) is 2.41. The Balaban J connectivity index is 2.04. The van der Waals surface area contributed by atoms with E-state index in [1.807, 2.05) is 6.07 Å². The topological polar surface area (TPSA) is 17.1 Å². The molecule has 0 aliphatic rings. The van der Waals surface area contributed by atoms with Crippen LogP contribution in [0, 0.1) is 13.8 Å². The molecule has 0 fully saturated rings. The average molecular weight is 273 g/mol. The Morgan fingerprint density at radius 1 is 1.05 bits per heavy atom. The van der Waals surface area contributed by atoms with Gasteiger partial charge in [0.1, 0.15) is 0 Å². The van der Waals surface area contributed by atoms with E-state index in [1.165, 1.54) is 16.7 Å². The summed E-state index contributed by atoms with van der Waals surface area (Å²) >= 11 is 5.82. The molecular formula is C17H17ClO. The van der Waals surface area contributed by atoms with E-state index >= 15 is 0 Å². The van der Waals surface area contributed by atoms with Gasteiger partial charge in [0, 0.05) is 17.0 Å². The van der Waals surface area contributed by atoms with E-state index in [0.717, 1.165) is 12.0 Å². The molecule has 98 valence electrons. The van der Waals surface area contributed by atoms with Gasteiger partial charge in [-0.15, -0.1) is 0 Å². The van der Waals surface area contributed by atoms with Crippen LogP contribution in [0.4, 0.5) is 0 Å². The van der Waals surface area contributed by atoms with E-state index in [0.29, 0.717) is 11.4 Å². The van der Waals surface area contributed by atoms with Gasteiger partial charge in [-0.2, -0.15) is 0 Å². The molecule has 0 aromatic heterocycles. The van der Waals surface area contributed by atoms with Gasteiger partial charge >= 0.3 is 0 Å². The maximum atomic E-state index is 12.1. The van der Waals surface area contributed by atoms with Crippen molar-refractivity contribution in [2.75, 3.05) is 0 Å². The molecule has 0 N–H and O–H groups in total. The van der Waals surface area contributed by atoms with Gasteiger partial charge in [0.25, 0.3) is 0 Å². The molecular weight excluding hydrogens is 256 g/mol. The standard InChI is InChI=1S/C17H17ClO/c1-12-4-3-5-14(13(12)2)8-11-17(19)15-6-9-16(18)10-7-15/h3-7,9-10H,8,11H2,1-2H3. The fourth-order valence-electron chi connectivity index (χ4n) is 2.11. The van der Waals surface area contributed by atoms with E-state index in [1.54, 1.807) is 24.3 Å². The van der Waals surface area contributed by atoms with Crippen LogP contribution in [0.15, 0.2) is 42.5 Å². The maximum Gasteiger partial charge on any atom is 0.163 e. The molecule has 1 nitrogen and oxygen atoms in total. The van der Waals surface area contributed by atoms with Gasteiger partial charge < -0.3 is 0 Å². The van der Waals surface area contributed by atoms with Gasteiger partial charge in [-0.05, 0) is 61.2 Å². The van der Waals surface area contributed by atoms with Crippen molar-refractivity contribution in [3.63, 3.8) is 0 Å². The van der Waals surface area contributed by atoms with E-state index in [4.69, 9.17) is 11.6 Å². The molecule has 0 atom stereocenters. The van der Waals surface area contributed by atoms with E-state index in [9.17, 15) is 4.79 Å².